The zero-order valence-corrected chi connectivity index (χ0v) is 20.9. The molecule has 1 saturated heterocycles. The Morgan fingerprint density at radius 1 is 1.03 bits per heavy atom. The SMILES string of the molecule is COc1ccc(C(=O)CCCCC(=O)N[C@H](CCN2CCCC2)[C@H](O)c2ccc3c(c2)OCO3)cc1. The van der Waals surface area contributed by atoms with Gasteiger partial charge in [-0.05, 0) is 87.2 Å². The van der Waals surface area contributed by atoms with Crippen molar-refractivity contribution in [2.75, 3.05) is 33.5 Å². The van der Waals surface area contributed by atoms with Gasteiger partial charge in [-0.1, -0.05) is 6.07 Å². The molecule has 2 aromatic rings. The van der Waals surface area contributed by atoms with Crippen molar-refractivity contribution in [3.05, 3.63) is 53.6 Å². The van der Waals surface area contributed by atoms with Gasteiger partial charge in [-0.3, -0.25) is 9.59 Å². The second-order valence-electron chi connectivity index (χ2n) is 9.43. The summed E-state index contributed by atoms with van der Waals surface area (Å²) in [5.41, 5.74) is 1.34. The van der Waals surface area contributed by atoms with Crippen LogP contribution < -0.4 is 19.5 Å². The van der Waals surface area contributed by atoms with E-state index in [-0.39, 0.29) is 18.5 Å². The summed E-state index contributed by atoms with van der Waals surface area (Å²) in [5.74, 6) is 1.92. The lowest BCUT2D eigenvalue weighted by atomic mass is 9.98. The standard InChI is InChI=1S/C28H36N2O6/c1-34-22-11-8-20(9-12-22)24(31)6-2-3-7-27(32)29-23(14-17-30-15-4-5-16-30)28(33)21-10-13-25-26(18-21)36-19-35-25/h8-13,18,23,28,33H,2-7,14-17,19H2,1H3,(H,29,32)/t23-,28-/m1/s1. The Bertz CT molecular complexity index is 1020. The van der Waals surface area contributed by atoms with E-state index in [0.717, 1.165) is 19.6 Å². The number of nitrogens with zero attached hydrogens (tertiary/aromatic N) is 1. The molecule has 36 heavy (non-hydrogen) atoms. The molecule has 0 aliphatic carbocycles. The summed E-state index contributed by atoms with van der Waals surface area (Å²) in [5, 5.41) is 14.2. The number of aliphatic hydroxyl groups is 1. The Balaban J connectivity index is 1.28. The van der Waals surface area contributed by atoms with Gasteiger partial charge in [0, 0.05) is 24.9 Å². The van der Waals surface area contributed by atoms with Crippen molar-refractivity contribution >= 4 is 11.7 Å². The molecule has 194 valence electrons. The number of amides is 1. The molecule has 2 N–H and O–H groups in total. The van der Waals surface area contributed by atoms with Gasteiger partial charge in [0.1, 0.15) is 5.75 Å². The van der Waals surface area contributed by atoms with Gasteiger partial charge in [-0.2, -0.15) is 0 Å². The Labute approximate surface area is 212 Å². The molecule has 0 aromatic heterocycles. The third-order valence-electron chi connectivity index (χ3n) is 6.89. The van der Waals surface area contributed by atoms with Crippen molar-refractivity contribution in [1.82, 2.24) is 10.2 Å². The molecule has 0 radical (unpaired) electrons. The molecule has 8 heteroatoms. The lowest BCUT2D eigenvalue weighted by Crippen LogP contribution is -2.41. The van der Waals surface area contributed by atoms with E-state index in [1.54, 1.807) is 43.5 Å². The van der Waals surface area contributed by atoms with E-state index >= 15 is 0 Å². The van der Waals surface area contributed by atoms with Crippen LogP contribution in [0.15, 0.2) is 42.5 Å². The summed E-state index contributed by atoms with van der Waals surface area (Å²) in [6.45, 7) is 3.11. The highest BCUT2D eigenvalue weighted by Gasteiger charge is 2.26. The topological polar surface area (TPSA) is 97.3 Å². The van der Waals surface area contributed by atoms with Crippen LogP contribution in [0, 0.1) is 0 Å². The van der Waals surface area contributed by atoms with Crippen molar-refractivity contribution in [3.63, 3.8) is 0 Å². The maximum absolute atomic E-state index is 12.8. The summed E-state index contributed by atoms with van der Waals surface area (Å²) in [7, 11) is 1.59. The van der Waals surface area contributed by atoms with E-state index in [1.165, 1.54) is 12.8 Å². The largest absolute Gasteiger partial charge is 0.497 e. The lowest BCUT2D eigenvalue weighted by Gasteiger charge is -2.27. The van der Waals surface area contributed by atoms with Gasteiger partial charge in [0.05, 0.1) is 19.3 Å². The number of ketones is 1. The van der Waals surface area contributed by atoms with Crippen LogP contribution in [0.2, 0.25) is 0 Å². The van der Waals surface area contributed by atoms with Crippen molar-refractivity contribution in [2.45, 2.75) is 57.1 Å². The molecule has 2 aromatic carbocycles. The first kappa shape index (κ1) is 26.0. The normalized spacial score (nSPS) is 16.5. The highest BCUT2D eigenvalue weighted by Crippen LogP contribution is 2.35. The molecule has 2 aliphatic heterocycles. The van der Waals surface area contributed by atoms with E-state index in [2.05, 4.69) is 10.2 Å². The highest BCUT2D eigenvalue weighted by molar-refractivity contribution is 5.96. The van der Waals surface area contributed by atoms with Crippen molar-refractivity contribution in [3.8, 4) is 17.2 Å². The minimum absolute atomic E-state index is 0.0554. The molecule has 2 heterocycles. The number of carbonyl (C=O) groups is 2. The Morgan fingerprint density at radius 2 is 1.75 bits per heavy atom. The minimum atomic E-state index is -0.859. The number of fused-ring (bicyclic) bond motifs is 1. The summed E-state index contributed by atoms with van der Waals surface area (Å²) in [6, 6.07) is 12.0. The quantitative estimate of drug-likeness (QED) is 0.321. The number of hydrogen-bond acceptors (Lipinski definition) is 7. The number of Topliss-reactive ketones (excluding diaryl/α,β-unsaturated/α-hetero) is 1. The number of nitrogens with one attached hydrogen (secondary N) is 1. The third kappa shape index (κ3) is 6.98. The van der Waals surface area contributed by atoms with Gasteiger partial charge in [-0.25, -0.2) is 0 Å². The molecule has 0 saturated carbocycles. The number of rotatable bonds is 13. The number of ether oxygens (including phenoxy) is 3. The van der Waals surface area contributed by atoms with Crippen LogP contribution in [-0.2, 0) is 4.79 Å². The summed E-state index contributed by atoms with van der Waals surface area (Å²) in [6.07, 6.45) is 4.10. The molecule has 0 spiro atoms. The number of benzene rings is 2. The van der Waals surface area contributed by atoms with Crippen LogP contribution in [0.1, 0.15) is 67.0 Å². The average Bonchev–Trinajstić information content (AvgIpc) is 3.60. The van der Waals surface area contributed by atoms with Crippen LogP contribution in [0.4, 0.5) is 0 Å². The molecular formula is C28H36N2O6. The number of hydrogen-bond donors (Lipinski definition) is 2. The molecule has 8 nitrogen and oxygen atoms in total. The van der Waals surface area contributed by atoms with E-state index in [9.17, 15) is 14.7 Å². The van der Waals surface area contributed by atoms with Crippen LogP contribution in [0.25, 0.3) is 0 Å². The Hall–Kier alpha value is -3.10. The Morgan fingerprint density at radius 3 is 2.50 bits per heavy atom. The smallest absolute Gasteiger partial charge is 0.231 e. The first-order chi connectivity index (χ1) is 17.5. The lowest BCUT2D eigenvalue weighted by molar-refractivity contribution is -0.122. The minimum Gasteiger partial charge on any atom is -0.497 e. The van der Waals surface area contributed by atoms with Crippen LogP contribution >= 0.6 is 0 Å². The average molecular weight is 497 g/mol. The summed E-state index contributed by atoms with van der Waals surface area (Å²) in [4.78, 5) is 27.6. The van der Waals surface area contributed by atoms with Gasteiger partial charge in [0.15, 0.2) is 17.3 Å². The first-order valence-corrected chi connectivity index (χ1v) is 12.8. The number of aliphatic hydroxyl groups excluding tert-OH is 1. The second kappa shape index (κ2) is 12.7. The maximum atomic E-state index is 12.8. The molecular weight excluding hydrogens is 460 g/mol. The fraction of sp³-hybridized carbons (Fsp3) is 0.500. The molecule has 4 rings (SSSR count). The fourth-order valence-electron chi connectivity index (χ4n) is 4.74. The van der Waals surface area contributed by atoms with Crippen LogP contribution in [0.3, 0.4) is 0 Å². The van der Waals surface area contributed by atoms with E-state index < -0.39 is 12.1 Å². The molecule has 2 aliphatic rings. The van der Waals surface area contributed by atoms with Gasteiger partial charge >= 0.3 is 0 Å². The van der Waals surface area contributed by atoms with E-state index in [1.807, 2.05) is 6.07 Å². The number of likely N-dealkylation sites (tertiary alicyclic amines) is 1. The van der Waals surface area contributed by atoms with Gasteiger partial charge in [-0.15, -0.1) is 0 Å². The third-order valence-corrected chi connectivity index (χ3v) is 6.89. The van der Waals surface area contributed by atoms with Gasteiger partial charge in [0.2, 0.25) is 12.7 Å². The molecule has 1 amide bonds. The van der Waals surface area contributed by atoms with Crippen LogP contribution in [-0.4, -0.2) is 61.3 Å². The molecule has 0 unspecified atom stereocenters. The van der Waals surface area contributed by atoms with Crippen molar-refractivity contribution < 1.29 is 28.9 Å². The highest BCUT2D eigenvalue weighted by atomic mass is 16.7. The molecule has 1 fully saturated rings. The predicted octanol–water partition coefficient (Wildman–Crippen LogP) is 3.87. The summed E-state index contributed by atoms with van der Waals surface area (Å²) >= 11 is 0. The number of carbonyl (C=O) groups excluding carboxylic acids is 2. The van der Waals surface area contributed by atoms with E-state index in [0.29, 0.717) is 60.5 Å². The van der Waals surface area contributed by atoms with Crippen LogP contribution in [0.5, 0.6) is 17.2 Å². The fourth-order valence-corrected chi connectivity index (χ4v) is 4.74. The number of unbranched alkanes of at least 4 members (excludes halogenated alkanes) is 1. The maximum Gasteiger partial charge on any atom is 0.231 e. The predicted molar refractivity (Wildman–Crippen MR) is 136 cm³/mol. The summed E-state index contributed by atoms with van der Waals surface area (Å²) < 4.78 is 16.0. The van der Waals surface area contributed by atoms with Gasteiger partial charge in [0.25, 0.3) is 0 Å². The number of methoxy groups -OCH3 is 1. The van der Waals surface area contributed by atoms with Gasteiger partial charge < -0.3 is 29.5 Å². The molecule has 0 bridgehead atoms. The Kier molecular flexibility index (Phi) is 9.19. The zero-order chi connectivity index (χ0) is 25.3. The zero-order valence-electron chi connectivity index (χ0n) is 20.9. The van der Waals surface area contributed by atoms with Crippen molar-refractivity contribution in [1.29, 1.82) is 0 Å². The molecule has 2 atom stereocenters. The van der Waals surface area contributed by atoms with Crippen molar-refractivity contribution in [2.24, 2.45) is 0 Å². The first-order valence-electron chi connectivity index (χ1n) is 12.8. The monoisotopic (exact) mass is 496 g/mol. The van der Waals surface area contributed by atoms with E-state index in [4.69, 9.17) is 14.2 Å². The second-order valence-corrected chi connectivity index (χ2v) is 9.43.